The van der Waals surface area contributed by atoms with Crippen LogP contribution in [0.4, 0.5) is 10.1 Å². The summed E-state index contributed by atoms with van der Waals surface area (Å²) in [7, 11) is -3.56. The van der Waals surface area contributed by atoms with Gasteiger partial charge in [-0.2, -0.15) is 4.31 Å². The molecule has 1 aromatic rings. The highest BCUT2D eigenvalue weighted by Gasteiger charge is 2.32. The van der Waals surface area contributed by atoms with E-state index in [9.17, 15) is 12.8 Å². The molecule has 0 aliphatic carbocycles. The quantitative estimate of drug-likeness (QED) is 0.848. The fourth-order valence-electron chi connectivity index (χ4n) is 2.16. The highest BCUT2D eigenvalue weighted by molar-refractivity contribution is 7.89. The van der Waals surface area contributed by atoms with Crippen LogP contribution in [0.1, 0.15) is 26.7 Å². The Labute approximate surface area is 113 Å². The molecule has 0 saturated carbocycles. The van der Waals surface area contributed by atoms with E-state index in [4.69, 9.17) is 5.73 Å². The van der Waals surface area contributed by atoms with Crippen molar-refractivity contribution in [1.29, 1.82) is 0 Å². The van der Waals surface area contributed by atoms with Crippen LogP contribution in [0, 0.1) is 11.2 Å². The molecular formula is C13H19FN2O2S. The first-order valence-corrected chi connectivity index (χ1v) is 7.72. The average Bonchev–Trinajstić information content (AvgIpc) is 2.32. The summed E-state index contributed by atoms with van der Waals surface area (Å²) in [6, 6.07) is 3.54. The van der Waals surface area contributed by atoms with E-state index in [-0.39, 0.29) is 16.0 Å². The summed E-state index contributed by atoms with van der Waals surface area (Å²) < 4.78 is 39.4. The largest absolute Gasteiger partial charge is 0.396 e. The van der Waals surface area contributed by atoms with Gasteiger partial charge in [0.15, 0.2) is 0 Å². The Morgan fingerprint density at radius 2 is 1.84 bits per heavy atom. The molecule has 106 valence electrons. The van der Waals surface area contributed by atoms with Gasteiger partial charge in [0.1, 0.15) is 5.82 Å². The molecule has 4 nitrogen and oxygen atoms in total. The molecular weight excluding hydrogens is 267 g/mol. The van der Waals surface area contributed by atoms with Gasteiger partial charge in [-0.1, -0.05) is 13.8 Å². The molecule has 2 rings (SSSR count). The van der Waals surface area contributed by atoms with E-state index >= 15 is 0 Å². The maximum atomic E-state index is 13.1. The molecule has 6 heteroatoms. The monoisotopic (exact) mass is 286 g/mol. The van der Waals surface area contributed by atoms with E-state index < -0.39 is 15.8 Å². The lowest BCUT2D eigenvalue weighted by atomic mass is 9.83. The van der Waals surface area contributed by atoms with Gasteiger partial charge in [0.25, 0.3) is 0 Å². The number of benzene rings is 1. The molecule has 1 fully saturated rings. The van der Waals surface area contributed by atoms with Crippen LogP contribution in [0.2, 0.25) is 0 Å². The lowest BCUT2D eigenvalue weighted by molar-refractivity contribution is 0.196. The maximum Gasteiger partial charge on any atom is 0.243 e. The number of nitrogens with two attached hydrogens (primary N) is 1. The molecule has 2 N–H and O–H groups in total. The molecule has 0 amide bonds. The van der Waals surface area contributed by atoms with Crippen molar-refractivity contribution in [2.24, 2.45) is 5.41 Å². The Morgan fingerprint density at radius 3 is 2.37 bits per heavy atom. The number of nitrogen functional groups attached to an aromatic ring is 1. The van der Waals surface area contributed by atoms with E-state index in [1.54, 1.807) is 0 Å². The van der Waals surface area contributed by atoms with E-state index in [2.05, 4.69) is 13.8 Å². The second-order valence-corrected chi connectivity index (χ2v) is 7.69. The van der Waals surface area contributed by atoms with Crippen LogP contribution in [-0.2, 0) is 10.0 Å². The van der Waals surface area contributed by atoms with E-state index in [1.807, 2.05) is 0 Å². The molecule has 19 heavy (non-hydrogen) atoms. The standard InChI is InChI=1S/C13H19FN2O2S/c1-13(2)5-7-16(8-6-13)19(17,18)10-3-4-11(14)12(15)9-10/h3-4,9H,5-8,15H2,1-2H3. The maximum absolute atomic E-state index is 13.1. The lowest BCUT2D eigenvalue weighted by Gasteiger charge is -2.36. The van der Waals surface area contributed by atoms with Gasteiger partial charge in [0, 0.05) is 13.1 Å². The van der Waals surface area contributed by atoms with Gasteiger partial charge in [0.05, 0.1) is 10.6 Å². The molecule has 0 unspecified atom stereocenters. The third-order valence-corrected chi connectivity index (χ3v) is 5.58. The Hall–Kier alpha value is -1.14. The Kier molecular flexibility index (Phi) is 3.57. The van der Waals surface area contributed by atoms with Crippen molar-refractivity contribution in [2.75, 3.05) is 18.8 Å². The number of hydrogen-bond donors (Lipinski definition) is 1. The number of sulfonamides is 1. The van der Waals surface area contributed by atoms with E-state index in [0.717, 1.165) is 18.9 Å². The number of hydrogen-bond acceptors (Lipinski definition) is 3. The minimum absolute atomic E-state index is 0.0612. The zero-order valence-electron chi connectivity index (χ0n) is 11.2. The number of piperidine rings is 1. The van der Waals surface area contributed by atoms with Crippen LogP contribution < -0.4 is 5.73 Å². The van der Waals surface area contributed by atoms with Gasteiger partial charge in [-0.3, -0.25) is 0 Å². The smallest absolute Gasteiger partial charge is 0.243 e. The van der Waals surface area contributed by atoms with Crippen molar-refractivity contribution in [2.45, 2.75) is 31.6 Å². The first-order chi connectivity index (χ1) is 8.72. The Balaban J connectivity index is 2.25. The molecule has 1 heterocycles. The molecule has 0 bridgehead atoms. The summed E-state index contributed by atoms with van der Waals surface area (Å²) in [6.07, 6.45) is 1.64. The third-order valence-electron chi connectivity index (χ3n) is 3.68. The molecule has 1 aliphatic rings. The Morgan fingerprint density at radius 1 is 1.26 bits per heavy atom. The summed E-state index contributed by atoms with van der Waals surface area (Å²) >= 11 is 0. The molecule has 0 spiro atoms. The molecule has 0 aromatic heterocycles. The Bertz CT molecular complexity index is 574. The molecule has 0 atom stereocenters. The van der Waals surface area contributed by atoms with Crippen LogP contribution in [0.5, 0.6) is 0 Å². The summed E-state index contributed by atoms with van der Waals surface area (Å²) in [5.74, 6) is -0.598. The molecule has 1 aliphatic heterocycles. The van der Waals surface area contributed by atoms with Gasteiger partial charge >= 0.3 is 0 Å². The topological polar surface area (TPSA) is 63.4 Å². The molecule has 0 radical (unpaired) electrons. The highest BCUT2D eigenvalue weighted by Crippen LogP contribution is 2.32. The normalized spacial score (nSPS) is 20.4. The van der Waals surface area contributed by atoms with Gasteiger partial charge < -0.3 is 5.73 Å². The van der Waals surface area contributed by atoms with Crippen molar-refractivity contribution in [1.82, 2.24) is 4.31 Å². The lowest BCUT2D eigenvalue weighted by Crippen LogP contribution is -2.41. The van der Waals surface area contributed by atoms with Gasteiger partial charge in [-0.15, -0.1) is 0 Å². The summed E-state index contributed by atoms with van der Waals surface area (Å²) in [6.45, 7) is 5.25. The summed E-state index contributed by atoms with van der Waals surface area (Å²) in [5.41, 5.74) is 5.47. The van der Waals surface area contributed by atoms with E-state index in [1.165, 1.54) is 16.4 Å². The van der Waals surface area contributed by atoms with Crippen molar-refractivity contribution < 1.29 is 12.8 Å². The van der Waals surface area contributed by atoms with Crippen LogP contribution in [0.3, 0.4) is 0 Å². The third kappa shape index (κ3) is 2.90. The summed E-state index contributed by atoms with van der Waals surface area (Å²) in [5, 5.41) is 0. The predicted molar refractivity (Wildman–Crippen MR) is 72.6 cm³/mol. The fourth-order valence-corrected chi connectivity index (χ4v) is 3.64. The average molecular weight is 286 g/mol. The first-order valence-electron chi connectivity index (χ1n) is 6.28. The number of rotatable bonds is 2. The minimum atomic E-state index is -3.56. The number of nitrogens with zero attached hydrogens (tertiary/aromatic N) is 1. The minimum Gasteiger partial charge on any atom is -0.396 e. The number of halogens is 1. The van der Waals surface area contributed by atoms with Crippen molar-refractivity contribution in [3.63, 3.8) is 0 Å². The fraction of sp³-hybridized carbons (Fsp3) is 0.538. The second kappa shape index (κ2) is 4.76. The van der Waals surface area contributed by atoms with Crippen LogP contribution in [0.25, 0.3) is 0 Å². The van der Waals surface area contributed by atoms with Crippen molar-refractivity contribution >= 4 is 15.7 Å². The molecule has 1 saturated heterocycles. The van der Waals surface area contributed by atoms with Crippen LogP contribution in [0.15, 0.2) is 23.1 Å². The SMILES string of the molecule is CC1(C)CCN(S(=O)(=O)c2ccc(F)c(N)c2)CC1. The zero-order chi connectivity index (χ0) is 14.3. The summed E-state index contributed by atoms with van der Waals surface area (Å²) in [4.78, 5) is 0.0612. The van der Waals surface area contributed by atoms with Gasteiger partial charge in [-0.05, 0) is 36.5 Å². The van der Waals surface area contributed by atoms with Gasteiger partial charge in [-0.25, -0.2) is 12.8 Å². The van der Waals surface area contributed by atoms with Crippen LogP contribution >= 0.6 is 0 Å². The first kappa shape index (κ1) is 14.3. The van der Waals surface area contributed by atoms with Gasteiger partial charge in [0.2, 0.25) is 10.0 Å². The zero-order valence-corrected chi connectivity index (χ0v) is 12.0. The van der Waals surface area contributed by atoms with E-state index in [0.29, 0.717) is 13.1 Å². The second-order valence-electron chi connectivity index (χ2n) is 5.75. The highest BCUT2D eigenvalue weighted by atomic mass is 32.2. The number of anilines is 1. The van der Waals surface area contributed by atoms with Crippen molar-refractivity contribution in [3.8, 4) is 0 Å². The van der Waals surface area contributed by atoms with Crippen LogP contribution in [-0.4, -0.2) is 25.8 Å². The molecule has 1 aromatic carbocycles. The van der Waals surface area contributed by atoms with Crippen molar-refractivity contribution in [3.05, 3.63) is 24.0 Å². The predicted octanol–water partition coefficient (Wildman–Crippen LogP) is 2.22.